The molecule has 1 saturated heterocycles. The zero-order valence-electron chi connectivity index (χ0n) is 9.03. The van der Waals surface area contributed by atoms with E-state index in [2.05, 4.69) is 0 Å². The summed E-state index contributed by atoms with van der Waals surface area (Å²) in [6.07, 6.45) is 0. The van der Waals surface area contributed by atoms with Crippen LogP contribution in [0.3, 0.4) is 0 Å². The topological polar surface area (TPSA) is 17.1 Å². The van der Waals surface area contributed by atoms with Crippen LogP contribution in [-0.4, -0.2) is 28.3 Å². The van der Waals surface area contributed by atoms with Crippen molar-refractivity contribution in [1.29, 1.82) is 0 Å². The summed E-state index contributed by atoms with van der Waals surface area (Å²) in [5, 5.41) is -0.000694. The Kier molecular flexibility index (Phi) is 3.92. The molecule has 0 spiro atoms. The lowest BCUT2D eigenvalue weighted by Crippen LogP contribution is -2.25. The Morgan fingerprint density at radius 2 is 2.25 bits per heavy atom. The summed E-state index contributed by atoms with van der Waals surface area (Å²) in [7, 11) is 0. The molecule has 0 radical (unpaired) electrons. The number of hydrogen-bond acceptors (Lipinski definition) is 3. The van der Waals surface area contributed by atoms with E-state index in [4.69, 9.17) is 0 Å². The van der Waals surface area contributed by atoms with Crippen LogP contribution in [-0.2, 0) is 0 Å². The Hall–Kier alpha value is -0.480. The van der Waals surface area contributed by atoms with Gasteiger partial charge in [0, 0.05) is 22.8 Å². The number of thioether (sulfide) groups is 2. The molecular weight excluding hydrogens is 243 g/mol. The largest absolute Gasteiger partial charge is 0.293 e. The molecule has 0 N–H and O–H groups in total. The second-order valence-electron chi connectivity index (χ2n) is 3.76. The highest BCUT2D eigenvalue weighted by Crippen LogP contribution is 2.27. The smallest absolute Gasteiger partial charge is 0.177 e. The first kappa shape index (κ1) is 12.0. The molecule has 0 aromatic heterocycles. The van der Waals surface area contributed by atoms with Crippen molar-refractivity contribution in [3.63, 3.8) is 0 Å². The monoisotopic (exact) mass is 256 g/mol. The highest BCUT2D eigenvalue weighted by atomic mass is 32.2. The lowest BCUT2D eigenvalue weighted by atomic mass is 10.0. The Bertz CT molecular complexity index is 400. The number of ketones is 1. The minimum Gasteiger partial charge on any atom is -0.293 e. The molecule has 0 amide bonds. The van der Waals surface area contributed by atoms with Gasteiger partial charge < -0.3 is 0 Å². The van der Waals surface area contributed by atoms with Crippen LogP contribution in [0.5, 0.6) is 0 Å². The molecule has 0 bridgehead atoms. The number of aryl methyl sites for hydroxylation is 1. The van der Waals surface area contributed by atoms with Crippen LogP contribution in [0, 0.1) is 12.7 Å². The van der Waals surface area contributed by atoms with E-state index in [1.165, 1.54) is 12.1 Å². The van der Waals surface area contributed by atoms with Crippen LogP contribution < -0.4 is 0 Å². The fourth-order valence-electron chi connectivity index (χ4n) is 1.67. The SMILES string of the molecule is Cc1ccc(F)cc1C(=O)C1CSCCS1. The summed E-state index contributed by atoms with van der Waals surface area (Å²) in [6.45, 7) is 1.85. The predicted molar refractivity (Wildman–Crippen MR) is 69.0 cm³/mol. The molecule has 0 aliphatic carbocycles. The number of halogens is 1. The summed E-state index contributed by atoms with van der Waals surface area (Å²) in [6, 6.07) is 4.43. The maximum Gasteiger partial charge on any atom is 0.177 e. The summed E-state index contributed by atoms with van der Waals surface area (Å²) in [4.78, 5) is 12.2. The van der Waals surface area contributed by atoms with Crippen molar-refractivity contribution in [1.82, 2.24) is 0 Å². The fourth-order valence-corrected chi connectivity index (χ4v) is 4.30. The minimum absolute atomic E-state index is 0.000694. The van der Waals surface area contributed by atoms with Crippen molar-refractivity contribution < 1.29 is 9.18 Å². The number of carbonyl (C=O) groups is 1. The zero-order valence-corrected chi connectivity index (χ0v) is 10.7. The van der Waals surface area contributed by atoms with E-state index in [1.807, 2.05) is 6.92 Å². The minimum atomic E-state index is -0.331. The number of benzene rings is 1. The average molecular weight is 256 g/mol. The Morgan fingerprint density at radius 1 is 1.44 bits per heavy atom. The molecule has 1 aromatic carbocycles. The van der Waals surface area contributed by atoms with E-state index >= 15 is 0 Å². The number of carbonyl (C=O) groups excluding carboxylic acids is 1. The van der Waals surface area contributed by atoms with Crippen molar-refractivity contribution in [3.05, 3.63) is 35.1 Å². The molecule has 2 rings (SSSR count). The number of hydrogen-bond donors (Lipinski definition) is 0. The van der Waals surface area contributed by atoms with Crippen molar-refractivity contribution >= 4 is 29.3 Å². The molecule has 1 heterocycles. The predicted octanol–water partition coefficient (Wildman–Crippen LogP) is 3.17. The Labute approximate surface area is 103 Å². The third-order valence-electron chi connectivity index (χ3n) is 2.57. The second-order valence-corrected chi connectivity index (χ2v) is 6.22. The standard InChI is InChI=1S/C12H13FOS2/c1-8-2-3-9(13)6-10(8)12(14)11-7-15-4-5-16-11/h2-3,6,11H,4-5,7H2,1H3. The van der Waals surface area contributed by atoms with Gasteiger partial charge in [-0.05, 0) is 24.6 Å². The zero-order chi connectivity index (χ0) is 11.5. The summed E-state index contributed by atoms with van der Waals surface area (Å²) < 4.78 is 13.1. The third-order valence-corrected chi connectivity index (χ3v) is 5.33. The van der Waals surface area contributed by atoms with Gasteiger partial charge in [0.1, 0.15) is 5.82 Å². The van der Waals surface area contributed by atoms with Crippen LogP contribution in [0.2, 0.25) is 0 Å². The van der Waals surface area contributed by atoms with Crippen LogP contribution in [0.15, 0.2) is 18.2 Å². The molecule has 1 nitrogen and oxygen atoms in total. The van der Waals surface area contributed by atoms with E-state index in [0.717, 1.165) is 22.8 Å². The van der Waals surface area contributed by atoms with Gasteiger partial charge in [-0.25, -0.2) is 4.39 Å². The van der Waals surface area contributed by atoms with Crippen LogP contribution >= 0.6 is 23.5 Å². The second kappa shape index (κ2) is 5.23. The van der Waals surface area contributed by atoms with E-state index in [9.17, 15) is 9.18 Å². The molecule has 86 valence electrons. The molecule has 1 aliphatic rings. The highest BCUT2D eigenvalue weighted by Gasteiger charge is 2.24. The maximum atomic E-state index is 13.1. The van der Waals surface area contributed by atoms with Gasteiger partial charge in [-0.15, -0.1) is 11.8 Å². The van der Waals surface area contributed by atoms with Gasteiger partial charge in [-0.2, -0.15) is 11.8 Å². The lowest BCUT2D eigenvalue weighted by Gasteiger charge is -2.20. The normalized spacial score (nSPS) is 20.8. The van der Waals surface area contributed by atoms with Crippen molar-refractivity contribution in [2.45, 2.75) is 12.2 Å². The van der Waals surface area contributed by atoms with Gasteiger partial charge in [-0.1, -0.05) is 6.07 Å². The first-order valence-electron chi connectivity index (χ1n) is 5.18. The lowest BCUT2D eigenvalue weighted by molar-refractivity contribution is 0.0994. The molecule has 4 heteroatoms. The quantitative estimate of drug-likeness (QED) is 0.757. The average Bonchev–Trinajstić information content (AvgIpc) is 2.32. The molecule has 1 aliphatic heterocycles. The van der Waals surface area contributed by atoms with Gasteiger partial charge in [-0.3, -0.25) is 4.79 Å². The van der Waals surface area contributed by atoms with Crippen LogP contribution in [0.4, 0.5) is 4.39 Å². The summed E-state index contributed by atoms with van der Waals surface area (Å²) in [5.41, 5.74) is 1.41. The third kappa shape index (κ3) is 2.61. The van der Waals surface area contributed by atoms with Gasteiger partial charge >= 0.3 is 0 Å². The molecule has 1 fully saturated rings. The molecule has 16 heavy (non-hydrogen) atoms. The number of Topliss-reactive ketones (excluding diaryl/α,β-unsaturated/α-hetero) is 1. The van der Waals surface area contributed by atoms with Gasteiger partial charge in [0.15, 0.2) is 5.78 Å². The highest BCUT2D eigenvalue weighted by molar-refractivity contribution is 8.07. The molecular formula is C12H13FOS2. The van der Waals surface area contributed by atoms with E-state index in [0.29, 0.717) is 5.56 Å². The van der Waals surface area contributed by atoms with Crippen molar-refractivity contribution in [2.75, 3.05) is 17.3 Å². The molecule has 1 unspecified atom stereocenters. The van der Waals surface area contributed by atoms with Crippen LogP contribution in [0.1, 0.15) is 15.9 Å². The Morgan fingerprint density at radius 3 is 2.94 bits per heavy atom. The Balaban J connectivity index is 2.22. The van der Waals surface area contributed by atoms with Crippen molar-refractivity contribution in [3.8, 4) is 0 Å². The van der Waals surface area contributed by atoms with E-state index < -0.39 is 0 Å². The van der Waals surface area contributed by atoms with Crippen LogP contribution in [0.25, 0.3) is 0 Å². The molecule has 0 saturated carbocycles. The summed E-state index contributed by atoms with van der Waals surface area (Å²) >= 11 is 3.49. The molecule has 1 aromatic rings. The molecule has 1 atom stereocenters. The van der Waals surface area contributed by atoms with Gasteiger partial charge in [0.05, 0.1) is 5.25 Å². The van der Waals surface area contributed by atoms with Gasteiger partial charge in [0.25, 0.3) is 0 Å². The fraction of sp³-hybridized carbons (Fsp3) is 0.417. The van der Waals surface area contributed by atoms with Gasteiger partial charge in [0.2, 0.25) is 0 Å². The number of rotatable bonds is 2. The summed E-state index contributed by atoms with van der Waals surface area (Å²) in [5.74, 6) is 2.71. The van der Waals surface area contributed by atoms with E-state index in [-0.39, 0.29) is 16.9 Å². The first-order chi connectivity index (χ1) is 7.68. The first-order valence-corrected chi connectivity index (χ1v) is 7.38. The van der Waals surface area contributed by atoms with Crippen molar-refractivity contribution in [2.24, 2.45) is 0 Å². The maximum absolute atomic E-state index is 13.1. The van der Waals surface area contributed by atoms with E-state index in [1.54, 1.807) is 29.6 Å².